The van der Waals surface area contributed by atoms with Crippen molar-refractivity contribution in [3.05, 3.63) is 96.2 Å². The number of rotatable bonds is 8. The highest BCUT2D eigenvalue weighted by atomic mass is 32.2. The fraction of sp³-hybridized carbons (Fsp3) is 0.179. The summed E-state index contributed by atoms with van der Waals surface area (Å²) in [7, 11) is -3.52. The van der Waals surface area contributed by atoms with Crippen molar-refractivity contribution in [1.82, 2.24) is 9.55 Å². The van der Waals surface area contributed by atoms with Gasteiger partial charge in [-0.05, 0) is 66.6 Å². The van der Waals surface area contributed by atoms with Crippen molar-refractivity contribution < 1.29 is 35.1 Å². The smallest absolute Gasteiger partial charge is 0.406 e. The Morgan fingerprint density at radius 3 is 2.19 bits per heavy atom. The van der Waals surface area contributed by atoms with Gasteiger partial charge in [0.25, 0.3) is 5.92 Å². The van der Waals surface area contributed by atoms with Crippen molar-refractivity contribution in [2.45, 2.75) is 31.0 Å². The molecule has 222 valence electrons. The van der Waals surface area contributed by atoms with Gasteiger partial charge in [0, 0.05) is 31.1 Å². The number of hydrogen-bond donors (Lipinski definition) is 2. The second-order valence-corrected chi connectivity index (χ2v) is 11.4. The molecule has 0 fully saturated rings. The minimum absolute atomic E-state index is 0.0826. The lowest BCUT2D eigenvalue weighted by molar-refractivity contribution is -0.274. The first-order chi connectivity index (χ1) is 19.5. The second-order valence-electron chi connectivity index (χ2n) is 9.43. The average molecular weight is 608 g/mol. The Balaban J connectivity index is 1.87. The molecule has 8 nitrogen and oxygen atoms in total. The van der Waals surface area contributed by atoms with Crippen molar-refractivity contribution >= 4 is 21.2 Å². The molecule has 3 aromatic carbocycles. The normalized spacial score (nSPS) is 12.8. The Morgan fingerprint density at radius 2 is 1.64 bits per heavy atom. The first-order valence-corrected chi connectivity index (χ1v) is 14.1. The largest absolute Gasteiger partial charge is 0.573 e. The Labute approximate surface area is 238 Å². The molecule has 0 spiro atoms. The van der Waals surface area contributed by atoms with E-state index in [4.69, 9.17) is 11.6 Å². The summed E-state index contributed by atoms with van der Waals surface area (Å²) in [6.45, 7) is 2.25. The van der Waals surface area contributed by atoms with Gasteiger partial charge in [-0.3, -0.25) is 5.01 Å². The number of aromatic nitrogens is 2. The molecule has 0 amide bonds. The number of aryl methyl sites for hydroxylation is 1. The van der Waals surface area contributed by atoms with Crippen LogP contribution in [0.3, 0.4) is 0 Å². The highest BCUT2D eigenvalue weighted by Gasteiger charge is 2.31. The van der Waals surface area contributed by atoms with Crippen molar-refractivity contribution in [2.75, 3.05) is 11.3 Å². The molecule has 0 saturated carbocycles. The van der Waals surface area contributed by atoms with E-state index in [2.05, 4.69) is 9.72 Å². The van der Waals surface area contributed by atoms with Crippen LogP contribution in [-0.2, 0) is 15.8 Å². The third-order valence-corrected chi connectivity index (χ3v) is 7.33. The molecule has 4 N–H and O–H groups in total. The van der Waals surface area contributed by atoms with Crippen LogP contribution in [0.1, 0.15) is 24.0 Å². The fourth-order valence-electron chi connectivity index (χ4n) is 4.21. The van der Waals surface area contributed by atoms with Gasteiger partial charge in [0.2, 0.25) is 0 Å². The van der Waals surface area contributed by atoms with Crippen molar-refractivity contribution in [1.29, 1.82) is 0 Å². The van der Waals surface area contributed by atoms with Crippen LogP contribution in [0.5, 0.6) is 5.75 Å². The summed E-state index contributed by atoms with van der Waals surface area (Å²) in [4.78, 5) is 4.06. The highest BCUT2D eigenvalue weighted by molar-refractivity contribution is 7.90. The maximum Gasteiger partial charge on any atom is 0.573 e. The van der Waals surface area contributed by atoms with Crippen molar-refractivity contribution in [2.24, 2.45) is 11.6 Å². The van der Waals surface area contributed by atoms with E-state index >= 15 is 0 Å². The van der Waals surface area contributed by atoms with E-state index in [-0.39, 0.29) is 22.1 Å². The number of hydrazine groups is 1. The molecule has 1 heterocycles. The molecule has 42 heavy (non-hydrogen) atoms. The number of alkyl halides is 5. The maximum atomic E-state index is 14.1. The van der Waals surface area contributed by atoms with E-state index in [0.717, 1.165) is 29.6 Å². The quantitative estimate of drug-likeness (QED) is 0.146. The molecule has 0 radical (unpaired) electrons. The fourth-order valence-corrected chi connectivity index (χ4v) is 4.87. The maximum absolute atomic E-state index is 14.1. The van der Waals surface area contributed by atoms with Gasteiger partial charge >= 0.3 is 6.36 Å². The third-order valence-electron chi connectivity index (χ3n) is 6.22. The molecule has 4 aromatic rings. The van der Waals surface area contributed by atoms with Crippen LogP contribution in [0, 0.1) is 6.92 Å². The summed E-state index contributed by atoms with van der Waals surface area (Å²) in [5.74, 6) is 3.08. The van der Waals surface area contributed by atoms with E-state index in [9.17, 15) is 30.4 Å². The number of ether oxygens (including phenoxy) is 1. The first-order valence-electron chi connectivity index (χ1n) is 12.2. The van der Waals surface area contributed by atoms with E-state index in [1.807, 2.05) is 0 Å². The average Bonchev–Trinajstić information content (AvgIpc) is 3.30. The number of anilines is 1. The highest BCUT2D eigenvalue weighted by Crippen LogP contribution is 2.36. The van der Waals surface area contributed by atoms with E-state index in [1.54, 1.807) is 30.3 Å². The molecule has 14 heteroatoms. The van der Waals surface area contributed by atoms with Crippen LogP contribution < -0.4 is 21.3 Å². The zero-order valence-electron chi connectivity index (χ0n) is 22.5. The molecule has 0 aliphatic heterocycles. The molecule has 0 atom stereocenters. The van der Waals surface area contributed by atoms with Gasteiger partial charge in [-0.2, -0.15) is 8.78 Å². The summed E-state index contributed by atoms with van der Waals surface area (Å²) >= 11 is 0. The Kier molecular flexibility index (Phi) is 8.07. The Hall–Kier alpha value is -4.43. The lowest BCUT2D eigenvalue weighted by Crippen LogP contribution is -2.31. The minimum Gasteiger partial charge on any atom is -0.406 e. The topological polar surface area (TPSA) is 116 Å². The predicted molar refractivity (Wildman–Crippen MR) is 148 cm³/mol. The summed E-state index contributed by atoms with van der Waals surface area (Å²) in [5, 5.41) is 1.14. The van der Waals surface area contributed by atoms with Gasteiger partial charge in [0.15, 0.2) is 9.84 Å². The molecule has 0 aliphatic carbocycles. The van der Waals surface area contributed by atoms with Crippen molar-refractivity contribution in [3.63, 3.8) is 0 Å². The molecular weight excluding hydrogens is 581 g/mol. The lowest BCUT2D eigenvalue weighted by atomic mass is 10.0. The number of halogens is 5. The van der Waals surface area contributed by atoms with Crippen LogP contribution in [-0.4, -0.2) is 30.6 Å². The molecule has 0 saturated heterocycles. The molecule has 0 unspecified atom stereocenters. The number of sulfone groups is 1. The van der Waals surface area contributed by atoms with E-state index in [0.29, 0.717) is 29.3 Å². The number of hydrogen-bond acceptors (Lipinski definition) is 7. The first kappa shape index (κ1) is 30.5. The van der Waals surface area contributed by atoms with Gasteiger partial charge in [0.05, 0.1) is 22.0 Å². The van der Waals surface area contributed by atoms with Crippen LogP contribution in [0.4, 0.5) is 27.6 Å². The third kappa shape index (κ3) is 6.71. The summed E-state index contributed by atoms with van der Waals surface area (Å²) < 4.78 is 95.7. The number of imidazole rings is 1. The van der Waals surface area contributed by atoms with E-state index in [1.165, 1.54) is 42.0 Å². The number of nitrogens with zero attached hydrogens (tertiary/aromatic N) is 3. The second kappa shape index (κ2) is 11.1. The molecule has 0 aliphatic rings. The Bertz CT molecular complexity index is 1740. The lowest BCUT2D eigenvalue weighted by Gasteiger charge is -2.26. The molecule has 1 aromatic heterocycles. The van der Waals surface area contributed by atoms with E-state index < -0.39 is 33.6 Å². The van der Waals surface area contributed by atoms with Crippen molar-refractivity contribution in [3.8, 4) is 22.6 Å². The van der Waals surface area contributed by atoms with Crippen LogP contribution in [0.15, 0.2) is 84.0 Å². The molecular formula is C28H26F5N5O3S. The minimum atomic E-state index is -4.88. The molecule has 0 bridgehead atoms. The van der Waals surface area contributed by atoms with Gasteiger partial charge in [-0.1, -0.05) is 18.2 Å². The monoisotopic (exact) mass is 607 g/mol. The van der Waals surface area contributed by atoms with Crippen LogP contribution in [0.25, 0.3) is 22.5 Å². The predicted octanol–water partition coefficient (Wildman–Crippen LogP) is 5.90. The number of benzene rings is 3. The zero-order chi connectivity index (χ0) is 31.0. The Morgan fingerprint density at radius 1 is 1.00 bits per heavy atom. The summed E-state index contributed by atoms with van der Waals surface area (Å²) in [6, 6.07) is 15.9. The number of nitrogens with two attached hydrogens (primary N) is 2. The van der Waals surface area contributed by atoms with Crippen LogP contribution in [0.2, 0.25) is 0 Å². The zero-order valence-corrected chi connectivity index (χ0v) is 23.3. The SMILES string of the molecule is Cc1nc(C(C)(F)F)cn1-c1ccc(-c2cccc(S(C)(=O)=O)c2)cc1N(N)/C(=C\N)c1ccc(OC(F)(F)F)cc1. The van der Waals surface area contributed by atoms with Gasteiger partial charge < -0.3 is 15.0 Å². The van der Waals surface area contributed by atoms with Gasteiger partial charge in [-0.25, -0.2) is 19.2 Å². The summed E-state index contributed by atoms with van der Waals surface area (Å²) in [5.41, 5.74) is 7.48. The molecule has 4 rings (SSSR count). The van der Waals surface area contributed by atoms with Gasteiger partial charge in [0.1, 0.15) is 17.3 Å². The van der Waals surface area contributed by atoms with Crippen LogP contribution >= 0.6 is 0 Å². The standard InChI is InChI=1S/C28H26F5N5O3S/c1-17-36-26(27(2,29)30)16-37(17)23-12-9-20(19-5-4-6-22(13-19)42(3,39)40)14-24(23)38(35)25(15-34)18-7-10-21(11-8-18)41-28(31,32)33/h4-16H,34-35H2,1-3H3/b25-15-. The van der Waals surface area contributed by atoms with Gasteiger partial charge in [-0.15, -0.1) is 13.2 Å². The summed E-state index contributed by atoms with van der Waals surface area (Å²) in [6.07, 6.45) is -1.50.